The SMILES string of the molecule is CCCCC/C=C\C/C=C\CCCCCCCC(=O)OCC1(CO)COC(=O)CC(S(=O)(=O)O)C(=O)OC1. The monoisotopic (exact) mass is 560 g/mol. The molecule has 0 saturated carbocycles. The zero-order chi connectivity index (χ0) is 28.3. The summed E-state index contributed by atoms with van der Waals surface area (Å²) in [5, 5.41) is 7.71. The largest absolute Gasteiger partial charge is 0.465 e. The molecule has 38 heavy (non-hydrogen) atoms. The Balaban J connectivity index is 2.27. The molecule has 2 N–H and O–H groups in total. The van der Waals surface area contributed by atoms with Crippen molar-refractivity contribution in [3.05, 3.63) is 24.3 Å². The summed E-state index contributed by atoms with van der Waals surface area (Å²) in [7, 11) is -4.89. The Kier molecular flexibility index (Phi) is 16.8. The Morgan fingerprint density at radius 3 is 2.21 bits per heavy atom. The average molecular weight is 561 g/mol. The highest BCUT2D eigenvalue weighted by atomic mass is 32.2. The van der Waals surface area contributed by atoms with Gasteiger partial charge in [-0.3, -0.25) is 18.9 Å². The first-order chi connectivity index (χ1) is 18.1. The van der Waals surface area contributed by atoms with Crippen molar-refractivity contribution >= 4 is 28.0 Å². The summed E-state index contributed by atoms with van der Waals surface area (Å²) in [5.74, 6) is -2.92. The van der Waals surface area contributed by atoms with Crippen LogP contribution in [0.3, 0.4) is 0 Å². The van der Waals surface area contributed by atoms with Crippen molar-refractivity contribution in [2.45, 2.75) is 95.6 Å². The van der Waals surface area contributed by atoms with E-state index in [0.717, 1.165) is 44.9 Å². The Labute approximate surface area is 226 Å². The fourth-order valence-corrected chi connectivity index (χ4v) is 4.38. The minimum absolute atomic E-state index is 0.177. The van der Waals surface area contributed by atoms with Crippen molar-refractivity contribution in [3.63, 3.8) is 0 Å². The van der Waals surface area contributed by atoms with Gasteiger partial charge >= 0.3 is 17.9 Å². The number of hydrogen-bond acceptors (Lipinski definition) is 9. The second-order valence-electron chi connectivity index (χ2n) is 9.78. The first-order valence-electron chi connectivity index (χ1n) is 13.5. The number of cyclic esters (lactones) is 2. The summed E-state index contributed by atoms with van der Waals surface area (Å²) >= 11 is 0. The second kappa shape index (κ2) is 18.9. The van der Waals surface area contributed by atoms with E-state index in [2.05, 4.69) is 31.2 Å². The Bertz CT molecular complexity index is 880. The van der Waals surface area contributed by atoms with Gasteiger partial charge in [-0.1, -0.05) is 63.3 Å². The molecule has 2 atom stereocenters. The zero-order valence-electron chi connectivity index (χ0n) is 22.5. The van der Waals surface area contributed by atoms with E-state index in [-0.39, 0.29) is 13.0 Å². The summed E-state index contributed by atoms with van der Waals surface area (Å²) < 4.78 is 47.0. The predicted octanol–water partition coefficient (Wildman–Crippen LogP) is 4.07. The van der Waals surface area contributed by atoms with Crippen molar-refractivity contribution in [3.8, 4) is 0 Å². The zero-order valence-corrected chi connectivity index (χ0v) is 23.3. The number of esters is 3. The number of unbranched alkanes of at least 4 members (excludes halogenated alkanes) is 8. The van der Waals surface area contributed by atoms with Gasteiger partial charge in [0.05, 0.1) is 18.4 Å². The quantitative estimate of drug-likeness (QED) is 0.0824. The number of aliphatic hydroxyl groups excluding tert-OH is 1. The highest BCUT2D eigenvalue weighted by molar-refractivity contribution is 7.87. The third kappa shape index (κ3) is 14.6. The molecule has 10 nitrogen and oxygen atoms in total. The van der Waals surface area contributed by atoms with E-state index in [0.29, 0.717) is 6.42 Å². The molecule has 0 radical (unpaired) electrons. The van der Waals surface area contributed by atoms with Crippen LogP contribution in [0.15, 0.2) is 24.3 Å². The molecule has 1 fully saturated rings. The second-order valence-corrected chi connectivity index (χ2v) is 11.4. The third-order valence-corrected chi connectivity index (χ3v) is 7.32. The molecule has 218 valence electrons. The number of rotatable bonds is 18. The Morgan fingerprint density at radius 1 is 0.974 bits per heavy atom. The van der Waals surface area contributed by atoms with Crippen molar-refractivity contribution in [1.29, 1.82) is 0 Å². The van der Waals surface area contributed by atoms with Crippen molar-refractivity contribution in [2.24, 2.45) is 5.41 Å². The van der Waals surface area contributed by atoms with Crippen LogP contribution in [0.5, 0.6) is 0 Å². The van der Waals surface area contributed by atoms with Gasteiger partial charge in [-0.05, 0) is 38.5 Å². The summed E-state index contributed by atoms with van der Waals surface area (Å²) in [4.78, 5) is 36.1. The van der Waals surface area contributed by atoms with Crippen LogP contribution >= 0.6 is 0 Å². The van der Waals surface area contributed by atoms with Crippen molar-refractivity contribution < 1.29 is 46.7 Å². The summed E-state index contributed by atoms with van der Waals surface area (Å²) in [6, 6.07) is 0. The van der Waals surface area contributed by atoms with E-state index in [9.17, 15) is 32.5 Å². The molecular weight excluding hydrogens is 516 g/mol. The van der Waals surface area contributed by atoms with Gasteiger partial charge in [0.25, 0.3) is 10.1 Å². The van der Waals surface area contributed by atoms with Crippen LogP contribution in [0.25, 0.3) is 0 Å². The van der Waals surface area contributed by atoms with Gasteiger partial charge in [0.15, 0.2) is 5.25 Å². The van der Waals surface area contributed by atoms with E-state index in [4.69, 9.17) is 14.2 Å². The highest BCUT2D eigenvalue weighted by Gasteiger charge is 2.42. The summed E-state index contributed by atoms with van der Waals surface area (Å²) in [6.07, 6.45) is 19.7. The number of hydrogen-bond donors (Lipinski definition) is 2. The van der Waals surface area contributed by atoms with Crippen LogP contribution in [0.4, 0.5) is 0 Å². The lowest BCUT2D eigenvalue weighted by Crippen LogP contribution is -2.42. The molecular formula is C27H44O10S. The van der Waals surface area contributed by atoms with Crippen LogP contribution in [0, 0.1) is 5.41 Å². The number of ether oxygens (including phenoxy) is 3. The molecule has 0 aliphatic carbocycles. The third-order valence-electron chi connectivity index (χ3n) is 6.24. The van der Waals surface area contributed by atoms with Crippen LogP contribution in [0.2, 0.25) is 0 Å². The first-order valence-corrected chi connectivity index (χ1v) is 15.0. The average Bonchev–Trinajstić information content (AvgIpc) is 2.94. The van der Waals surface area contributed by atoms with Crippen LogP contribution in [0.1, 0.15) is 90.4 Å². The smallest absolute Gasteiger partial charge is 0.327 e. The fourth-order valence-electron chi connectivity index (χ4n) is 3.72. The van der Waals surface area contributed by atoms with Crippen LogP contribution in [-0.4, -0.2) is 67.7 Å². The maximum atomic E-state index is 12.2. The number of allylic oxidation sites excluding steroid dienone is 4. The number of aliphatic hydroxyl groups is 1. The van der Waals surface area contributed by atoms with Gasteiger partial charge in [0.1, 0.15) is 19.8 Å². The highest BCUT2D eigenvalue weighted by Crippen LogP contribution is 2.23. The van der Waals surface area contributed by atoms with Gasteiger partial charge < -0.3 is 19.3 Å². The van der Waals surface area contributed by atoms with Gasteiger partial charge in [0, 0.05) is 6.42 Å². The minimum Gasteiger partial charge on any atom is -0.465 e. The molecule has 11 heteroatoms. The molecule has 0 bridgehead atoms. The molecule has 0 aromatic rings. The molecule has 1 heterocycles. The summed E-state index contributed by atoms with van der Waals surface area (Å²) in [6.45, 7) is 0.152. The molecule has 0 spiro atoms. The number of carbonyl (C=O) groups excluding carboxylic acids is 3. The molecule has 1 saturated heterocycles. The van der Waals surface area contributed by atoms with Gasteiger partial charge in [-0.15, -0.1) is 0 Å². The maximum absolute atomic E-state index is 12.2. The predicted molar refractivity (Wildman–Crippen MR) is 142 cm³/mol. The molecule has 1 rings (SSSR count). The van der Waals surface area contributed by atoms with Crippen LogP contribution < -0.4 is 0 Å². The molecule has 1 aliphatic heterocycles. The minimum atomic E-state index is -4.89. The topological polar surface area (TPSA) is 154 Å². The van der Waals surface area contributed by atoms with Gasteiger partial charge in [-0.2, -0.15) is 8.42 Å². The standard InChI is InChI=1S/C27H44O10S/c1-2-3-4-5-6-7-8-9-10-11-12-13-14-15-16-17-24(29)35-20-27(19-28)21-36-25(30)18-23(38(32,33)34)26(31)37-22-27/h6-7,9-10,23,28H,2-5,8,11-22H2,1H3,(H,32,33,34)/b7-6-,10-9-. The Hall–Kier alpha value is -2.24. The maximum Gasteiger partial charge on any atom is 0.327 e. The summed E-state index contributed by atoms with van der Waals surface area (Å²) in [5.41, 5.74) is -1.44. The van der Waals surface area contributed by atoms with Gasteiger partial charge in [-0.25, -0.2) is 0 Å². The normalized spacial score (nSPS) is 21.1. The lowest BCUT2D eigenvalue weighted by Gasteiger charge is -2.29. The van der Waals surface area contributed by atoms with E-state index in [1.165, 1.54) is 19.3 Å². The van der Waals surface area contributed by atoms with Crippen LogP contribution in [-0.2, 0) is 38.7 Å². The first kappa shape index (κ1) is 33.8. The van der Waals surface area contributed by atoms with Gasteiger partial charge in [0.2, 0.25) is 0 Å². The lowest BCUT2D eigenvalue weighted by atomic mass is 9.92. The lowest BCUT2D eigenvalue weighted by molar-refractivity contribution is -0.161. The van der Waals surface area contributed by atoms with Crippen molar-refractivity contribution in [2.75, 3.05) is 26.4 Å². The Morgan fingerprint density at radius 2 is 1.58 bits per heavy atom. The van der Waals surface area contributed by atoms with E-state index < -0.39 is 64.9 Å². The van der Waals surface area contributed by atoms with E-state index in [1.807, 2.05) is 0 Å². The molecule has 0 aromatic carbocycles. The van der Waals surface area contributed by atoms with E-state index in [1.54, 1.807) is 0 Å². The molecule has 1 aliphatic rings. The van der Waals surface area contributed by atoms with E-state index >= 15 is 0 Å². The molecule has 2 unspecified atom stereocenters. The molecule has 0 aromatic heterocycles. The fraction of sp³-hybridized carbons (Fsp3) is 0.741. The number of carbonyl (C=O) groups is 3. The molecule has 0 amide bonds. The van der Waals surface area contributed by atoms with Crippen molar-refractivity contribution in [1.82, 2.24) is 0 Å².